The highest BCUT2D eigenvalue weighted by Gasteiger charge is 2.00. The maximum Gasteiger partial charge on any atom is 0.115 e. The highest BCUT2D eigenvalue weighted by Crippen LogP contribution is 2.18. The molecule has 0 spiro atoms. The lowest BCUT2D eigenvalue weighted by Crippen LogP contribution is -2.21. The molecule has 88 valence electrons. The number of hydrogen-bond acceptors (Lipinski definition) is 3. The van der Waals surface area contributed by atoms with Crippen molar-refractivity contribution in [1.29, 1.82) is 0 Å². The molecule has 0 aliphatic rings. The van der Waals surface area contributed by atoms with Gasteiger partial charge < -0.3 is 5.32 Å². The second kappa shape index (κ2) is 5.55. The van der Waals surface area contributed by atoms with E-state index in [0.29, 0.717) is 6.04 Å². The van der Waals surface area contributed by atoms with Crippen molar-refractivity contribution >= 4 is 0 Å². The Morgan fingerprint density at radius 2 is 1.88 bits per heavy atom. The van der Waals surface area contributed by atoms with E-state index in [1.165, 1.54) is 5.56 Å². The highest BCUT2D eigenvalue weighted by molar-refractivity contribution is 5.62. The van der Waals surface area contributed by atoms with Crippen LogP contribution in [-0.4, -0.2) is 16.0 Å². The minimum atomic E-state index is 0.499. The Labute approximate surface area is 102 Å². The molecule has 0 fully saturated rings. The van der Waals surface area contributed by atoms with Crippen LogP contribution in [0, 0.1) is 0 Å². The first kappa shape index (κ1) is 11.7. The number of hydrogen-bond donors (Lipinski definition) is 1. The quantitative estimate of drug-likeness (QED) is 0.872. The molecule has 0 saturated carbocycles. The van der Waals surface area contributed by atoms with Gasteiger partial charge in [-0.3, -0.25) is 0 Å². The van der Waals surface area contributed by atoms with Crippen molar-refractivity contribution < 1.29 is 0 Å². The molecule has 0 amide bonds. The lowest BCUT2D eigenvalue weighted by molar-refractivity contribution is 0.589. The van der Waals surface area contributed by atoms with Crippen LogP contribution < -0.4 is 5.32 Å². The number of aromatic nitrogens is 2. The van der Waals surface area contributed by atoms with E-state index in [4.69, 9.17) is 0 Å². The van der Waals surface area contributed by atoms with Crippen molar-refractivity contribution in [3.8, 4) is 11.1 Å². The predicted octanol–water partition coefficient (Wildman–Crippen LogP) is 2.64. The van der Waals surface area contributed by atoms with E-state index >= 15 is 0 Å². The Morgan fingerprint density at radius 1 is 1.12 bits per heavy atom. The van der Waals surface area contributed by atoms with Gasteiger partial charge in [0.05, 0.1) is 0 Å². The standard InChI is InChI=1S/C14H17N3/c1-11(2)17-7-12-4-3-5-13(6-12)14-8-15-10-16-9-14/h3-6,8-11,17H,7H2,1-2H3. The third kappa shape index (κ3) is 3.36. The smallest absolute Gasteiger partial charge is 0.115 e. The van der Waals surface area contributed by atoms with Crippen LogP contribution in [0.5, 0.6) is 0 Å². The average molecular weight is 227 g/mol. The second-order valence-corrected chi connectivity index (χ2v) is 4.36. The first-order valence-electron chi connectivity index (χ1n) is 5.83. The molecule has 0 atom stereocenters. The monoisotopic (exact) mass is 227 g/mol. The normalized spacial score (nSPS) is 10.8. The summed E-state index contributed by atoms with van der Waals surface area (Å²) in [6, 6.07) is 8.95. The molecule has 2 aromatic rings. The third-order valence-corrected chi connectivity index (χ3v) is 2.54. The van der Waals surface area contributed by atoms with Gasteiger partial charge in [-0.25, -0.2) is 9.97 Å². The number of rotatable bonds is 4. The van der Waals surface area contributed by atoms with Crippen molar-refractivity contribution in [2.45, 2.75) is 26.4 Å². The van der Waals surface area contributed by atoms with E-state index in [-0.39, 0.29) is 0 Å². The first-order valence-corrected chi connectivity index (χ1v) is 5.83. The van der Waals surface area contributed by atoms with E-state index in [1.54, 1.807) is 6.33 Å². The van der Waals surface area contributed by atoms with Gasteiger partial charge in [0.25, 0.3) is 0 Å². The van der Waals surface area contributed by atoms with Crippen LogP contribution in [0.25, 0.3) is 11.1 Å². The minimum Gasteiger partial charge on any atom is -0.310 e. The third-order valence-electron chi connectivity index (χ3n) is 2.54. The topological polar surface area (TPSA) is 37.8 Å². The summed E-state index contributed by atoms with van der Waals surface area (Å²) < 4.78 is 0. The van der Waals surface area contributed by atoms with Gasteiger partial charge in [-0.15, -0.1) is 0 Å². The minimum absolute atomic E-state index is 0.499. The van der Waals surface area contributed by atoms with Crippen molar-refractivity contribution in [3.05, 3.63) is 48.5 Å². The van der Waals surface area contributed by atoms with Crippen molar-refractivity contribution in [3.63, 3.8) is 0 Å². The molecular weight excluding hydrogens is 210 g/mol. The first-order chi connectivity index (χ1) is 8.25. The van der Waals surface area contributed by atoms with Gasteiger partial charge in [-0.2, -0.15) is 0 Å². The SMILES string of the molecule is CC(C)NCc1cccc(-c2cncnc2)c1. The van der Waals surface area contributed by atoms with Gasteiger partial charge in [0.1, 0.15) is 6.33 Å². The van der Waals surface area contributed by atoms with Gasteiger partial charge >= 0.3 is 0 Å². The Hall–Kier alpha value is -1.74. The molecule has 0 radical (unpaired) electrons. The molecule has 1 heterocycles. The Morgan fingerprint density at radius 3 is 2.59 bits per heavy atom. The molecule has 3 heteroatoms. The molecular formula is C14H17N3. The molecule has 17 heavy (non-hydrogen) atoms. The summed E-state index contributed by atoms with van der Waals surface area (Å²) in [5.41, 5.74) is 3.49. The highest BCUT2D eigenvalue weighted by atomic mass is 14.9. The number of benzene rings is 1. The van der Waals surface area contributed by atoms with E-state index < -0.39 is 0 Å². The Bertz CT molecular complexity index is 466. The Balaban J connectivity index is 2.17. The fraction of sp³-hybridized carbons (Fsp3) is 0.286. The van der Waals surface area contributed by atoms with Crippen LogP contribution in [0.4, 0.5) is 0 Å². The summed E-state index contributed by atoms with van der Waals surface area (Å²) in [4.78, 5) is 8.08. The van der Waals surface area contributed by atoms with Crippen LogP contribution in [0.1, 0.15) is 19.4 Å². The van der Waals surface area contributed by atoms with Crippen molar-refractivity contribution in [2.75, 3.05) is 0 Å². The average Bonchev–Trinajstić information content (AvgIpc) is 2.38. The van der Waals surface area contributed by atoms with E-state index in [0.717, 1.165) is 17.7 Å². The van der Waals surface area contributed by atoms with Gasteiger partial charge in [0.15, 0.2) is 0 Å². The molecule has 0 bridgehead atoms. The number of nitrogens with one attached hydrogen (secondary N) is 1. The molecule has 2 rings (SSSR count). The summed E-state index contributed by atoms with van der Waals surface area (Å²) in [7, 11) is 0. The molecule has 0 aliphatic heterocycles. The zero-order chi connectivity index (χ0) is 12.1. The van der Waals surface area contributed by atoms with Gasteiger partial charge in [0.2, 0.25) is 0 Å². The molecule has 0 unspecified atom stereocenters. The maximum atomic E-state index is 4.04. The fourth-order valence-electron chi connectivity index (χ4n) is 1.63. The van der Waals surface area contributed by atoms with Gasteiger partial charge in [0, 0.05) is 30.5 Å². The molecule has 1 aromatic heterocycles. The van der Waals surface area contributed by atoms with E-state index in [2.05, 4.69) is 53.4 Å². The van der Waals surface area contributed by atoms with Gasteiger partial charge in [-0.1, -0.05) is 32.0 Å². The maximum absolute atomic E-state index is 4.04. The summed E-state index contributed by atoms with van der Waals surface area (Å²) in [5.74, 6) is 0. The molecule has 1 N–H and O–H groups in total. The molecule has 0 saturated heterocycles. The Kier molecular flexibility index (Phi) is 3.83. The van der Waals surface area contributed by atoms with Gasteiger partial charge in [-0.05, 0) is 17.2 Å². The lowest BCUT2D eigenvalue weighted by Gasteiger charge is -2.09. The number of nitrogens with zero attached hydrogens (tertiary/aromatic N) is 2. The van der Waals surface area contributed by atoms with E-state index in [9.17, 15) is 0 Å². The summed E-state index contributed by atoms with van der Waals surface area (Å²) >= 11 is 0. The lowest BCUT2D eigenvalue weighted by atomic mass is 10.1. The van der Waals surface area contributed by atoms with Crippen LogP contribution >= 0.6 is 0 Å². The molecule has 3 nitrogen and oxygen atoms in total. The van der Waals surface area contributed by atoms with Crippen LogP contribution in [-0.2, 0) is 6.54 Å². The second-order valence-electron chi connectivity index (χ2n) is 4.36. The van der Waals surface area contributed by atoms with Crippen molar-refractivity contribution in [2.24, 2.45) is 0 Å². The van der Waals surface area contributed by atoms with E-state index in [1.807, 2.05) is 12.4 Å². The fourth-order valence-corrected chi connectivity index (χ4v) is 1.63. The molecule has 0 aliphatic carbocycles. The summed E-state index contributed by atoms with van der Waals surface area (Å²) in [6.45, 7) is 5.18. The van der Waals surface area contributed by atoms with Crippen LogP contribution in [0.3, 0.4) is 0 Å². The molecule has 1 aromatic carbocycles. The largest absolute Gasteiger partial charge is 0.310 e. The van der Waals surface area contributed by atoms with Crippen molar-refractivity contribution in [1.82, 2.24) is 15.3 Å². The summed E-state index contributed by atoms with van der Waals surface area (Å²) in [6.07, 6.45) is 5.22. The zero-order valence-electron chi connectivity index (χ0n) is 10.2. The van der Waals surface area contributed by atoms with Crippen LogP contribution in [0.2, 0.25) is 0 Å². The predicted molar refractivity (Wildman–Crippen MR) is 69.4 cm³/mol. The summed E-state index contributed by atoms with van der Waals surface area (Å²) in [5, 5.41) is 3.41. The van der Waals surface area contributed by atoms with Crippen LogP contribution in [0.15, 0.2) is 43.0 Å². The zero-order valence-corrected chi connectivity index (χ0v) is 10.2.